The van der Waals surface area contributed by atoms with Crippen molar-refractivity contribution in [2.75, 3.05) is 21.1 Å². The summed E-state index contributed by atoms with van der Waals surface area (Å²) in [6.45, 7) is 1.64. The summed E-state index contributed by atoms with van der Waals surface area (Å²) in [6, 6.07) is 4.03. The number of benzene rings is 1. The van der Waals surface area contributed by atoms with Crippen molar-refractivity contribution >= 4 is 28.0 Å². The first-order chi connectivity index (χ1) is 11.7. The number of para-hydroxylation sites is 1. The van der Waals surface area contributed by atoms with Gasteiger partial charge in [-0.1, -0.05) is 19.1 Å². The fourth-order valence-corrected chi connectivity index (χ4v) is 3.43. The van der Waals surface area contributed by atoms with Crippen molar-refractivity contribution in [1.29, 1.82) is 0 Å². The Morgan fingerprint density at radius 2 is 1.92 bits per heavy atom. The first-order valence-electron chi connectivity index (χ1n) is 7.07. The van der Waals surface area contributed by atoms with E-state index in [0.29, 0.717) is 0 Å². The van der Waals surface area contributed by atoms with Gasteiger partial charge in [-0.3, -0.25) is 10.1 Å². The van der Waals surface area contributed by atoms with Crippen molar-refractivity contribution in [3.05, 3.63) is 39.7 Å². The summed E-state index contributed by atoms with van der Waals surface area (Å²) in [5, 5.41) is 16.5. The van der Waals surface area contributed by atoms with Crippen LogP contribution in [0.5, 0.6) is 0 Å². The van der Waals surface area contributed by atoms with Crippen LogP contribution < -0.4 is 5.32 Å². The van der Waals surface area contributed by atoms with Crippen molar-refractivity contribution < 1.29 is 55.6 Å². The van der Waals surface area contributed by atoms with Crippen LogP contribution in [-0.2, 0) is 52.3 Å². The van der Waals surface area contributed by atoms with Crippen LogP contribution in [0.4, 0.5) is 5.69 Å². The molecular weight excluding hydrogens is 441 g/mol. The molecule has 2 amide bonds. The van der Waals surface area contributed by atoms with Gasteiger partial charge in [0.05, 0.1) is 16.9 Å². The molecule has 0 fully saturated rings. The van der Waals surface area contributed by atoms with Gasteiger partial charge in [0.25, 0.3) is 5.69 Å². The molecule has 1 aromatic carbocycles. The standard InChI is InChI=1S/C12H17N3O5S.C2H4NO.Y/c1-4-9(12(16)13-2)14(3)21(19,20)11-8-6-5-7-10(11)15(17)18;1-3-2-4;/h5-9H,4H2,1-3H3,(H,13,16);1H3,(H,3,4);/q;-1;/p-1/t9-;;/m0../s1. The summed E-state index contributed by atoms with van der Waals surface area (Å²) in [7, 11) is -0.177. The van der Waals surface area contributed by atoms with Crippen LogP contribution >= 0.6 is 0 Å². The maximum atomic E-state index is 12.5. The molecule has 0 heterocycles. The number of hydrogen-bond donors (Lipinski definition) is 1. The van der Waals surface area contributed by atoms with Gasteiger partial charge >= 0.3 is 0 Å². The van der Waals surface area contributed by atoms with Crippen LogP contribution in [-0.4, -0.2) is 57.1 Å². The average Bonchev–Trinajstić information content (AvgIpc) is 2.61. The van der Waals surface area contributed by atoms with Crippen molar-refractivity contribution in [3.8, 4) is 0 Å². The van der Waals surface area contributed by atoms with Gasteiger partial charge in [-0.15, -0.1) is 7.05 Å². The number of amides is 2. The monoisotopic (exact) mass is 461 g/mol. The third kappa shape index (κ3) is 7.06. The summed E-state index contributed by atoms with van der Waals surface area (Å²) in [5.41, 5.74) is -0.528. The molecule has 10 nitrogen and oxygen atoms in total. The molecule has 0 bridgehead atoms. The Morgan fingerprint density at radius 1 is 1.42 bits per heavy atom. The SMILES string of the molecule is CC[C@@H](C(=O)[N-]C)N(C)S(=O)(=O)c1ccccc1[N+](=O)[O-].CN[C-]=O.[Y]. The number of nitro groups is 1. The fourth-order valence-electron chi connectivity index (χ4n) is 1.89. The third-order valence-electron chi connectivity index (χ3n) is 3.15. The topological polar surface area (TPSA) is 141 Å². The molecule has 0 aromatic heterocycles. The van der Waals surface area contributed by atoms with Crippen molar-refractivity contribution in [1.82, 2.24) is 9.62 Å². The summed E-state index contributed by atoms with van der Waals surface area (Å²) < 4.78 is 25.8. The molecule has 1 radical (unpaired) electrons. The van der Waals surface area contributed by atoms with Crippen LogP contribution in [0.25, 0.3) is 5.32 Å². The van der Waals surface area contributed by atoms with Gasteiger partial charge in [-0.05, 0) is 19.5 Å². The number of nitrogens with zero attached hydrogens (tertiary/aromatic N) is 3. The van der Waals surface area contributed by atoms with Crippen LogP contribution in [0.2, 0.25) is 0 Å². The second-order valence-electron chi connectivity index (χ2n) is 4.58. The molecule has 26 heavy (non-hydrogen) atoms. The minimum Gasteiger partial charge on any atom is -0.655 e. The Kier molecular flexibility index (Phi) is 13.2. The van der Waals surface area contributed by atoms with Gasteiger partial charge < -0.3 is 20.2 Å². The second kappa shape index (κ2) is 12.9. The summed E-state index contributed by atoms with van der Waals surface area (Å²) in [4.78, 5) is 30.4. The molecule has 12 heteroatoms. The molecule has 0 saturated carbocycles. The van der Waals surface area contributed by atoms with E-state index in [2.05, 4.69) is 10.6 Å². The predicted molar refractivity (Wildman–Crippen MR) is 91.2 cm³/mol. The van der Waals surface area contributed by atoms with E-state index in [1.807, 2.05) is 0 Å². The molecule has 0 spiro atoms. The number of rotatable bonds is 7. The van der Waals surface area contributed by atoms with Crippen molar-refractivity contribution in [2.45, 2.75) is 24.3 Å². The number of carbonyl (C=O) groups excluding carboxylic acids is 2. The Bertz CT molecular complexity index is 713. The van der Waals surface area contributed by atoms with Crippen LogP contribution in [0.3, 0.4) is 0 Å². The van der Waals surface area contributed by atoms with Gasteiger partial charge in [0.15, 0.2) is 4.90 Å². The number of nitrogens with one attached hydrogen (secondary N) is 1. The number of sulfonamides is 1. The molecule has 1 rings (SSSR count). The van der Waals surface area contributed by atoms with Crippen LogP contribution in [0, 0.1) is 10.1 Å². The Morgan fingerprint density at radius 3 is 2.31 bits per heavy atom. The molecule has 1 N–H and O–H groups in total. The van der Waals surface area contributed by atoms with Crippen molar-refractivity contribution in [3.63, 3.8) is 0 Å². The Balaban J connectivity index is 0. The maximum absolute atomic E-state index is 12.5. The third-order valence-corrected chi connectivity index (χ3v) is 5.07. The molecule has 1 aromatic rings. The molecule has 143 valence electrons. The van der Waals surface area contributed by atoms with E-state index in [1.165, 1.54) is 39.7 Å². The minimum absolute atomic E-state index is 0. The first-order valence-corrected chi connectivity index (χ1v) is 8.51. The summed E-state index contributed by atoms with van der Waals surface area (Å²) in [6.07, 6.45) is 1.65. The summed E-state index contributed by atoms with van der Waals surface area (Å²) in [5.74, 6) is -0.595. The molecule has 0 unspecified atom stereocenters. The second-order valence-corrected chi connectivity index (χ2v) is 6.55. The van der Waals surface area contributed by atoms with E-state index in [4.69, 9.17) is 4.79 Å². The Labute approximate surface area is 177 Å². The zero-order valence-electron chi connectivity index (χ0n) is 14.9. The number of hydrogen-bond acceptors (Lipinski definition) is 6. The minimum atomic E-state index is -4.17. The van der Waals surface area contributed by atoms with Gasteiger partial charge in [0.2, 0.25) is 10.0 Å². The first kappa shape index (κ1) is 26.8. The normalized spacial score (nSPS) is 11.3. The van der Waals surface area contributed by atoms with Gasteiger partial charge in [-0.25, -0.2) is 8.42 Å². The average molecular weight is 461 g/mol. The van der Waals surface area contributed by atoms with Crippen LogP contribution in [0.15, 0.2) is 29.2 Å². The number of carbonyl (C=O) groups is 1. The molecule has 0 aliphatic rings. The van der Waals surface area contributed by atoms with E-state index >= 15 is 0 Å². The van der Waals surface area contributed by atoms with E-state index in [1.54, 1.807) is 6.92 Å². The molecular formula is C14H20N4O6SY-2. The van der Waals surface area contributed by atoms with Gasteiger partial charge in [0, 0.05) is 45.8 Å². The number of nitro benzene ring substituents is 1. The van der Waals surface area contributed by atoms with Gasteiger partial charge in [-0.2, -0.15) is 10.7 Å². The zero-order valence-corrected chi connectivity index (χ0v) is 18.5. The van der Waals surface area contributed by atoms with E-state index < -0.39 is 37.5 Å². The fraction of sp³-hybridized carbons (Fsp3) is 0.429. The maximum Gasteiger partial charge on any atom is 0.289 e. The largest absolute Gasteiger partial charge is 0.655 e. The predicted octanol–water partition coefficient (Wildman–Crippen LogP) is 0.795. The number of likely N-dealkylation sites (N-methyl/N-ethyl adjacent to an activating group) is 2. The summed E-state index contributed by atoms with van der Waals surface area (Å²) >= 11 is 0. The molecule has 0 aliphatic heterocycles. The van der Waals surface area contributed by atoms with E-state index in [-0.39, 0.29) is 39.1 Å². The zero-order chi connectivity index (χ0) is 19.6. The molecule has 0 saturated heterocycles. The molecule has 0 aliphatic carbocycles. The van der Waals surface area contributed by atoms with E-state index in [9.17, 15) is 23.3 Å². The van der Waals surface area contributed by atoms with Crippen molar-refractivity contribution in [2.24, 2.45) is 0 Å². The van der Waals surface area contributed by atoms with Crippen LogP contribution in [0.1, 0.15) is 13.3 Å². The van der Waals surface area contributed by atoms with Gasteiger partial charge in [0.1, 0.15) is 0 Å². The quantitative estimate of drug-likeness (QED) is 0.276. The Hall–Kier alpha value is -1.43. The van der Waals surface area contributed by atoms with E-state index in [0.717, 1.165) is 16.4 Å². The smallest absolute Gasteiger partial charge is 0.289 e. The molecule has 1 atom stereocenters.